The van der Waals surface area contributed by atoms with Crippen LogP contribution in [-0.4, -0.2) is 24.1 Å². The van der Waals surface area contributed by atoms with Crippen molar-refractivity contribution in [2.75, 3.05) is 5.32 Å². The number of anilines is 1. The highest BCUT2D eigenvalue weighted by atomic mass is 32.2. The first kappa shape index (κ1) is 14.3. The molecule has 3 N–H and O–H groups in total. The van der Waals surface area contributed by atoms with E-state index in [2.05, 4.69) is 10.4 Å². The number of nitrogens with zero attached hydrogens (tertiary/aromatic N) is 2. The number of nitrogens with one attached hydrogen (secondary N) is 1. The Hall–Kier alpha value is -2.13. The van der Waals surface area contributed by atoms with Crippen molar-refractivity contribution in [2.45, 2.75) is 18.2 Å². The van der Waals surface area contributed by atoms with Crippen molar-refractivity contribution in [1.29, 1.82) is 0 Å². The van der Waals surface area contributed by atoms with Gasteiger partial charge in [0.25, 0.3) is 5.91 Å². The summed E-state index contributed by atoms with van der Waals surface area (Å²) in [5.41, 5.74) is 0.332. The molecule has 108 valence electrons. The molecule has 0 aliphatic rings. The van der Waals surface area contributed by atoms with Gasteiger partial charge in [-0.3, -0.25) is 9.48 Å². The van der Waals surface area contributed by atoms with Crippen LogP contribution in [-0.2, 0) is 23.5 Å². The molecule has 2 rings (SSSR count). The first-order valence-corrected chi connectivity index (χ1v) is 7.31. The van der Waals surface area contributed by atoms with Crippen molar-refractivity contribution >= 4 is 21.7 Å². The van der Waals surface area contributed by atoms with Gasteiger partial charge >= 0.3 is 0 Å². The van der Waals surface area contributed by atoms with Gasteiger partial charge < -0.3 is 9.73 Å². The van der Waals surface area contributed by atoms with Crippen LogP contribution in [0.2, 0.25) is 0 Å². The Labute approximate surface area is 115 Å². The van der Waals surface area contributed by atoms with Gasteiger partial charge in [-0.25, -0.2) is 13.6 Å². The molecule has 8 nitrogen and oxygen atoms in total. The van der Waals surface area contributed by atoms with Crippen molar-refractivity contribution < 1.29 is 17.6 Å². The third-order valence-corrected chi connectivity index (χ3v) is 3.56. The average Bonchev–Trinajstić information content (AvgIpc) is 2.94. The first-order chi connectivity index (χ1) is 9.32. The summed E-state index contributed by atoms with van der Waals surface area (Å²) in [4.78, 5) is 11.8. The number of carbonyl (C=O) groups is 1. The number of nitrogens with two attached hydrogens (primary N) is 1. The lowest BCUT2D eigenvalue weighted by atomic mass is 10.2. The molecular weight excluding hydrogens is 284 g/mol. The topological polar surface area (TPSA) is 120 Å². The van der Waals surface area contributed by atoms with E-state index in [-0.39, 0.29) is 10.7 Å². The number of primary sulfonamides is 1. The number of furan rings is 1. The zero-order valence-electron chi connectivity index (χ0n) is 11.0. The van der Waals surface area contributed by atoms with Gasteiger partial charge in [0.2, 0.25) is 10.0 Å². The molecule has 2 aromatic heterocycles. The molecule has 2 heterocycles. The fraction of sp³-hybridized carbons (Fsp3) is 0.273. The molecule has 0 bridgehead atoms. The van der Waals surface area contributed by atoms with Gasteiger partial charge in [-0.2, -0.15) is 5.10 Å². The zero-order chi connectivity index (χ0) is 14.9. The third-order valence-electron chi connectivity index (χ3n) is 2.64. The Kier molecular flexibility index (Phi) is 3.64. The molecule has 0 saturated heterocycles. The van der Waals surface area contributed by atoms with Crippen LogP contribution >= 0.6 is 0 Å². The monoisotopic (exact) mass is 298 g/mol. The van der Waals surface area contributed by atoms with Crippen LogP contribution in [0.15, 0.2) is 27.8 Å². The highest BCUT2D eigenvalue weighted by molar-refractivity contribution is 7.89. The lowest BCUT2D eigenvalue weighted by Crippen LogP contribution is -2.18. The van der Waals surface area contributed by atoms with Crippen LogP contribution in [0.3, 0.4) is 0 Å². The maximum atomic E-state index is 12.1. The summed E-state index contributed by atoms with van der Waals surface area (Å²) in [7, 11) is -2.44. The van der Waals surface area contributed by atoms with E-state index in [1.165, 1.54) is 30.3 Å². The molecular formula is C11H14N4O4S. The number of hydrogen-bond donors (Lipinski definition) is 2. The molecule has 0 saturated carbocycles. The molecule has 1 amide bonds. The summed E-state index contributed by atoms with van der Waals surface area (Å²) in [6.45, 7) is 1.84. The van der Waals surface area contributed by atoms with Gasteiger partial charge in [-0.1, -0.05) is 6.92 Å². The minimum atomic E-state index is -3.96. The second-order valence-corrected chi connectivity index (χ2v) is 5.66. The Morgan fingerprint density at radius 2 is 2.25 bits per heavy atom. The van der Waals surface area contributed by atoms with Crippen LogP contribution < -0.4 is 10.5 Å². The molecule has 0 radical (unpaired) electrons. The maximum absolute atomic E-state index is 12.1. The van der Waals surface area contributed by atoms with Crippen LogP contribution in [0.5, 0.6) is 0 Å². The van der Waals surface area contributed by atoms with E-state index < -0.39 is 15.9 Å². The Morgan fingerprint density at radius 3 is 2.85 bits per heavy atom. The number of carbonyl (C=O) groups excluding carboxylic acids is 1. The number of amides is 1. The molecule has 0 unspecified atom stereocenters. The fourth-order valence-corrected chi connectivity index (χ4v) is 2.41. The predicted octanol–water partition coefficient (Wildman–Crippen LogP) is 0.475. The van der Waals surface area contributed by atoms with E-state index in [9.17, 15) is 13.2 Å². The fourth-order valence-electron chi connectivity index (χ4n) is 1.75. The predicted molar refractivity (Wildman–Crippen MR) is 70.6 cm³/mol. The van der Waals surface area contributed by atoms with E-state index in [0.29, 0.717) is 17.7 Å². The van der Waals surface area contributed by atoms with Gasteiger partial charge in [0.15, 0.2) is 5.82 Å². The van der Waals surface area contributed by atoms with Crippen LogP contribution in [0.25, 0.3) is 0 Å². The van der Waals surface area contributed by atoms with Crippen molar-refractivity contribution in [3.63, 3.8) is 0 Å². The molecule has 0 aliphatic carbocycles. The normalized spacial score (nSPS) is 11.6. The Balaban J connectivity index is 2.34. The summed E-state index contributed by atoms with van der Waals surface area (Å²) in [5, 5.41) is 11.4. The van der Waals surface area contributed by atoms with Gasteiger partial charge in [-0.05, 0) is 6.07 Å². The van der Waals surface area contributed by atoms with Crippen LogP contribution in [0.1, 0.15) is 23.0 Å². The van der Waals surface area contributed by atoms with Crippen molar-refractivity contribution in [1.82, 2.24) is 9.78 Å². The number of sulfonamides is 1. The van der Waals surface area contributed by atoms with Crippen LogP contribution in [0.4, 0.5) is 5.82 Å². The third kappa shape index (κ3) is 2.73. The average molecular weight is 298 g/mol. The largest absolute Gasteiger partial charge is 0.469 e. The summed E-state index contributed by atoms with van der Waals surface area (Å²) < 4.78 is 29.2. The Morgan fingerprint density at radius 1 is 1.55 bits per heavy atom. The standard InChI is InChI=1S/C11H14N4O4S/c1-3-8-7(4-5-19-8)11(16)13-10-9(20(12,17)18)6-15(2)14-10/h4-6H,3H2,1-2H3,(H2,12,17,18)(H,13,14,16). The second-order valence-electron chi connectivity index (χ2n) is 4.13. The van der Waals surface area contributed by atoms with Crippen LogP contribution in [0, 0.1) is 0 Å². The minimum absolute atomic E-state index is 0.108. The minimum Gasteiger partial charge on any atom is -0.469 e. The van der Waals surface area contributed by atoms with Gasteiger partial charge in [0.05, 0.1) is 11.8 Å². The van der Waals surface area contributed by atoms with Crippen molar-refractivity contribution in [3.8, 4) is 0 Å². The highest BCUT2D eigenvalue weighted by Gasteiger charge is 2.22. The molecule has 0 aliphatic heterocycles. The summed E-state index contributed by atoms with van der Waals surface area (Å²) in [6, 6.07) is 1.51. The van der Waals surface area contributed by atoms with Gasteiger partial charge in [0, 0.05) is 19.7 Å². The van der Waals surface area contributed by atoms with Crippen molar-refractivity contribution in [3.05, 3.63) is 29.9 Å². The molecule has 9 heteroatoms. The lowest BCUT2D eigenvalue weighted by Gasteiger charge is -2.03. The summed E-state index contributed by atoms with van der Waals surface area (Å²) in [6.07, 6.45) is 3.16. The first-order valence-electron chi connectivity index (χ1n) is 5.77. The number of rotatable bonds is 4. The smallest absolute Gasteiger partial charge is 0.260 e. The molecule has 0 atom stereocenters. The quantitative estimate of drug-likeness (QED) is 0.850. The molecule has 0 aromatic carbocycles. The molecule has 20 heavy (non-hydrogen) atoms. The number of aryl methyl sites for hydroxylation is 2. The van der Waals surface area contributed by atoms with E-state index >= 15 is 0 Å². The second kappa shape index (κ2) is 5.10. The summed E-state index contributed by atoms with van der Waals surface area (Å²) in [5.74, 6) is -0.0990. The van der Waals surface area contributed by atoms with E-state index in [4.69, 9.17) is 9.56 Å². The van der Waals surface area contributed by atoms with E-state index in [1.54, 1.807) is 0 Å². The van der Waals surface area contributed by atoms with Gasteiger partial charge in [0.1, 0.15) is 10.7 Å². The summed E-state index contributed by atoms with van der Waals surface area (Å²) >= 11 is 0. The number of hydrogen-bond acceptors (Lipinski definition) is 5. The van der Waals surface area contributed by atoms with Crippen molar-refractivity contribution in [2.24, 2.45) is 12.2 Å². The lowest BCUT2D eigenvalue weighted by molar-refractivity contribution is 0.102. The van der Waals surface area contributed by atoms with E-state index in [1.807, 2.05) is 6.92 Å². The maximum Gasteiger partial charge on any atom is 0.260 e. The number of aromatic nitrogens is 2. The molecule has 2 aromatic rings. The SMILES string of the molecule is CCc1occc1C(=O)Nc1nn(C)cc1S(N)(=O)=O. The molecule has 0 fully saturated rings. The Bertz CT molecular complexity index is 744. The zero-order valence-corrected chi connectivity index (χ0v) is 11.8. The van der Waals surface area contributed by atoms with E-state index in [0.717, 1.165) is 0 Å². The van der Waals surface area contributed by atoms with Gasteiger partial charge in [-0.15, -0.1) is 0 Å². The molecule has 0 spiro atoms. The highest BCUT2D eigenvalue weighted by Crippen LogP contribution is 2.19.